The van der Waals surface area contributed by atoms with Crippen LogP contribution in [0.15, 0.2) is 0 Å². The summed E-state index contributed by atoms with van der Waals surface area (Å²) in [5.74, 6) is 0.0563. The van der Waals surface area contributed by atoms with Crippen molar-refractivity contribution >= 4 is 18.3 Å². The molecule has 0 radical (unpaired) electrons. The quantitative estimate of drug-likeness (QED) is 0.654. The molecule has 1 saturated heterocycles. The molecule has 5 heteroatoms. The van der Waals surface area contributed by atoms with Crippen molar-refractivity contribution in [3.63, 3.8) is 0 Å². The second kappa shape index (κ2) is 5.53. The van der Waals surface area contributed by atoms with E-state index in [2.05, 4.69) is 19.2 Å². The number of carbonyl (C=O) groups excluding carboxylic acids is 1. The van der Waals surface area contributed by atoms with Gasteiger partial charge in [-0.1, -0.05) is 0 Å². The molecule has 0 aliphatic carbocycles. The van der Waals surface area contributed by atoms with Crippen LogP contribution in [0.1, 0.15) is 20.8 Å². The molecule has 3 N–H and O–H groups in total. The number of amides is 1. The normalized spacial score (nSPS) is 29.3. The summed E-state index contributed by atoms with van der Waals surface area (Å²) in [6.07, 6.45) is 0. The molecule has 0 aromatic carbocycles. The standard InChI is InChI=1S/C9H19N3O.ClH/c1-6(10)9(13)12-5-4-11-7(2)8(12)3;/h6-8,11H,4-5,10H2,1-3H3;1H. The topological polar surface area (TPSA) is 58.4 Å². The zero-order valence-corrected chi connectivity index (χ0v) is 9.80. The Hall–Kier alpha value is -0.320. The molecule has 14 heavy (non-hydrogen) atoms. The molecule has 0 aromatic rings. The van der Waals surface area contributed by atoms with E-state index in [1.807, 2.05) is 4.90 Å². The zero-order valence-electron chi connectivity index (χ0n) is 8.99. The smallest absolute Gasteiger partial charge is 0.239 e. The second-order valence-electron chi connectivity index (χ2n) is 3.80. The molecule has 1 rings (SSSR count). The summed E-state index contributed by atoms with van der Waals surface area (Å²) < 4.78 is 0. The van der Waals surface area contributed by atoms with Crippen molar-refractivity contribution in [3.8, 4) is 0 Å². The summed E-state index contributed by atoms with van der Waals surface area (Å²) in [4.78, 5) is 13.5. The highest BCUT2D eigenvalue weighted by Crippen LogP contribution is 2.09. The van der Waals surface area contributed by atoms with Crippen LogP contribution >= 0.6 is 12.4 Å². The number of piperazine rings is 1. The van der Waals surface area contributed by atoms with Crippen LogP contribution in [0.2, 0.25) is 0 Å². The first kappa shape index (κ1) is 13.7. The molecular formula is C9H20ClN3O. The van der Waals surface area contributed by atoms with E-state index in [1.54, 1.807) is 6.92 Å². The van der Waals surface area contributed by atoms with Gasteiger partial charge in [-0.25, -0.2) is 0 Å². The van der Waals surface area contributed by atoms with Gasteiger partial charge in [0.25, 0.3) is 0 Å². The molecule has 4 nitrogen and oxygen atoms in total. The molecule has 1 amide bonds. The number of rotatable bonds is 1. The van der Waals surface area contributed by atoms with Gasteiger partial charge in [0.15, 0.2) is 0 Å². The average Bonchev–Trinajstić information content (AvgIpc) is 2.08. The van der Waals surface area contributed by atoms with Gasteiger partial charge in [0.2, 0.25) is 5.91 Å². The monoisotopic (exact) mass is 221 g/mol. The number of nitrogens with one attached hydrogen (secondary N) is 1. The number of carbonyl (C=O) groups is 1. The predicted molar refractivity (Wildman–Crippen MR) is 59.5 cm³/mol. The average molecular weight is 222 g/mol. The zero-order chi connectivity index (χ0) is 10.0. The van der Waals surface area contributed by atoms with Crippen molar-refractivity contribution in [2.24, 2.45) is 5.73 Å². The lowest BCUT2D eigenvalue weighted by atomic mass is 10.1. The van der Waals surface area contributed by atoms with Crippen LogP contribution in [-0.4, -0.2) is 42.0 Å². The molecule has 0 bridgehead atoms. The Morgan fingerprint density at radius 2 is 2.14 bits per heavy atom. The Morgan fingerprint density at radius 3 is 2.64 bits per heavy atom. The maximum absolute atomic E-state index is 11.6. The Balaban J connectivity index is 0.00000169. The minimum Gasteiger partial charge on any atom is -0.336 e. The Labute approximate surface area is 91.6 Å². The fourth-order valence-corrected chi connectivity index (χ4v) is 1.63. The Bertz CT molecular complexity index is 198. The molecule has 3 atom stereocenters. The summed E-state index contributed by atoms with van der Waals surface area (Å²) in [5, 5.41) is 3.32. The van der Waals surface area contributed by atoms with Crippen LogP contribution in [0.5, 0.6) is 0 Å². The molecule has 1 aliphatic heterocycles. The maximum atomic E-state index is 11.6. The van der Waals surface area contributed by atoms with Gasteiger partial charge in [-0.15, -0.1) is 12.4 Å². The van der Waals surface area contributed by atoms with Gasteiger partial charge in [0.1, 0.15) is 0 Å². The second-order valence-corrected chi connectivity index (χ2v) is 3.80. The first-order valence-corrected chi connectivity index (χ1v) is 4.83. The van der Waals surface area contributed by atoms with E-state index in [-0.39, 0.29) is 30.4 Å². The van der Waals surface area contributed by atoms with Crippen molar-refractivity contribution in [1.82, 2.24) is 10.2 Å². The van der Waals surface area contributed by atoms with Crippen molar-refractivity contribution in [3.05, 3.63) is 0 Å². The van der Waals surface area contributed by atoms with E-state index < -0.39 is 0 Å². The van der Waals surface area contributed by atoms with Crippen LogP contribution in [0.3, 0.4) is 0 Å². The highest BCUT2D eigenvalue weighted by molar-refractivity contribution is 5.85. The molecule has 3 unspecified atom stereocenters. The van der Waals surface area contributed by atoms with Gasteiger partial charge in [0.05, 0.1) is 6.04 Å². The third kappa shape index (κ3) is 2.83. The van der Waals surface area contributed by atoms with Crippen LogP contribution in [0.4, 0.5) is 0 Å². The molecule has 84 valence electrons. The molecule has 0 aromatic heterocycles. The molecule has 1 fully saturated rings. The number of hydrogen-bond acceptors (Lipinski definition) is 3. The summed E-state index contributed by atoms with van der Waals surface area (Å²) in [6.45, 7) is 7.51. The van der Waals surface area contributed by atoms with Gasteiger partial charge in [-0.05, 0) is 20.8 Å². The van der Waals surface area contributed by atoms with Gasteiger partial charge in [-0.2, -0.15) is 0 Å². The fraction of sp³-hybridized carbons (Fsp3) is 0.889. The SMILES string of the molecule is CC(N)C(=O)N1CCNC(C)C1C.Cl. The van der Waals surface area contributed by atoms with Gasteiger partial charge < -0.3 is 16.0 Å². The first-order valence-electron chi connectivity index (χ1n) is 4.83. The minimum atomic E-state index is -0.382. The van der Waals surface area contributed by atoms with Crippen LogP contribution in [-0.2, 0) is 4.79 Å². The maximum Gasteiger partial charge on any atom is 0.239 e. The Kier molecular flexibility index (Phi) is 5.41. The highest BCUT2D eigenvalue weighted by Gasteiger charge is 2.29. The molecular weight excluding hydrogens is 202 g/mol. The number of nitrogens with zero attached hydrogens (tertiary/aromatic N) is 1. The van der Waals surface area contributed by atoms with E-state index >= 15 is 0 Å². The van der Waals surface area contributed by atoms with Crippen LogP contribution in [0.25, 0.3) is 0 Å². The van der Waals surface area contributed by atoms with Crippen molar-refractivity contribution in [1.29, 1.82) is 0 Å². The van der Waals surface area contributed by atoms with E-state index in [4.69, 9.17) is 5.73 Å². The van der Waals surface area contributed by atoms with E-state index in [9.17, 15) is 4.79 Å². The summed E-state index contributed by atoms with van der Waals surface area (Å²) >= 11 is 0. The van der Waals surface area contributed by atoms with Crippen molar-refractivity contribution in [2.45, 2.75) is 38.9 Å². The largest absolute Gasteiger partial charge is 0.336 e. The molecule has 1 heterocycles. The minimum absolute atomic E-state index is 0. The van der Waals surface area contributed by atoms with Gasteiger partial charge in [0, 0.05) is 25.2 Å². The highest BCUT2D eigenvalue weighted by atomic mass is 35.5. The summed E-state index contributed by atoms with van der Waals surface area (Å²) in [5.41, 5.74) is 5.56. The summed E-state index contributed by atoms with van der Waals surface area (Å²) in [6, 6.07) is 0.219. The summed E-state index contributed by atoms with van der Waals surface area (Å²) in [7, 11) is 0. The fourth-order valence-electron chi connectivity index (χ4n) is 1.63. The number of hydrogen-bond donors (Lipinski definition) is 2. The third-order valence-electron chi connectivity index (χ3n) is 2.71. The lowest BCUT2D eigenvalue weighted by Crippen LogP contribution is -2.59. The molecule has 0 spiro atoms. The van der Waals surface area contributed by atoms with E-state index in [0.29, 0.717) is 6.04 Å². The van der Waals surface area contributed by atoms with Crippen LogP contribution < -0.4 is 11.1 Å². The van der Waals surface area contributed by atoms with Crippen molar-refractivity contribution in [2.75, 3.05) is 13.1 Å². The Morgan fingerprint density at radius 1 is 1.57 bits per heavy atom. The van der Waals surface area contributed by atoms with Crippen molar-refractivity contribution < 1.29 is 4.79 Å². The van der Waals surface area contributed by atoms with E-state index in [1.165, 1.54) is 0 Å². The first-order chi connectivity index (χ1) is 6.04. The number of halogens is 1. The lowest BCUT2D eigenvalue weighted by molar-refractivity contribution is -0.135. The van der Waals surface area contributed by atoms with Crippen LogP contribution in [0, 0.1) is 0 Å². The number of nitrogens with two attached hydrogens (primary N) is 1. The van der Waals surface area contributed by atoms with Gasteiger partial charge >= 0.3 is 0 Å². The predicted octanol–water partition coefficient (Wildman–Crippen LogP) is -0.0358. The third-order valence-corrected chi connectivity index (χ3v) is 2.71. The lowest BCUT2D eigenvalue weighted by Gasteiger charge is -2.39. The van der Waals surface area contributed by atoms with E-state index in [0.717, 1.165) is 13.1 Å². The van der Waals surface area contributed by atoms with Gasteiger partial charge in [-0.3, -0.25) is 4.79 Å². The molecule has 0 saturated carbocycles. The molecule has 1 aliphatic rings.